The van der Waals surface area contributed by atoms with Gasteiger partial charge >= 0.3 is 6.03 Å². The smallest absolute Gasteiger partial charge is 0.323 e. The minimum atomic E-state index is -0.445. The molecule has 10 heteroatoms. The molecule has 5 N–H and O–H groups in total. The van der Waals surface area contributed by atoms with E-state index in [1.807, 2.05) is 49.4 Å². The number of benzene rings is 3. The molecule has 0 spiro atoms. The molecule has 4 amide bonds. The Balaban J connectivity index is 1.06. The number of amides is 4. The number of aromatic nitrogens is 1. The highest BCUT2D eigenvalue weighted by Crippen LogP contribution is 2.35. The molecule has 0 bridgehead atoms. The number of rotatable bonds is 7. The normalized spacial score (nSPS) is 16.0. The first-order valence-corrected chi connectivity index (χ1v) is 14.6. The SMILES string of the molecule is Cc1ccc(NC(=O)c2ccc(CN3CCN(C)CC3)cc2)cc1NC(=O)Nc1ccc2c(c1)NC(=O)/C2=C\c1ccc[nH]1. The van der Waals surface area contributed by atoms with Crippen LogP contribution in [0.3, 0.4) is 0 Å². The summed E-state index contributed by atoms with van der Waals surface area (Å²) in [6, 6.07) is 21.7. The van der Waals surface area contributed by atoms with Crippen molar-refractivity contribution in [2.45, 2.75) is 13.5 Å². The Labute approximate surface area is 256 Å². The van der Waals surface area contributed by atoms with Gasteiger partial charge in [-0.25, -0.2) is 4.79 Å². The van der Waals surface area contributed by atoms with Crippen LogP contribution in [0.1, 0.15) is 32.7 Å². The number of hydrogen-bond acceptors (Lipinski definition) is 5. The van der Waals surface area contributed by atoms with E-state index >= 15 is 0 Å². The zero-order valence-corrected chi connectivity index (χ0v) is 24.7. The molecule has 0 saturated carbocycles. The van der Waals surface area contributed by atoms with Gasteiger partial charge in [0.2, 0.25) is 0 Å². The number of piperazine rings is 1. The summed E-state index contributed by atoms with van der Waals surface area (Å²) in [6.07, 6.45) is 3.59. The summed E-state index contributed by atoms with van der Waals surface area (Å²) in [5.41, 5.74) is 7.01. The first-order valence-electron chi connectivity index (χ1n) is 14.6. The van der Waals surface area contributed by atoms with Gasteiger partial charge in [0.05, 0.1) is 11.3 Å². The average molecular weight is 590 g/mol. The number of aromatic amines is 1. The number of nitrogens with one attached hydrogen (secondary N) is 5. The molecular weight excluding hydrogens is 554 g/mol. The number of hydrogen-bond donors (Lipinski definition) is 5. The molecule has 3 heterocycles. The summed E-state index contributed by atoms with van der Waals surface area (Å²) in [6.45, 7) is 6.97. The Kier molecular flexibility index (Phi) is 8.27. The van der Waals surface area contributed by atoms with Gasteiger partial charge in [0.15, 0.2) is 0 Å². The van der Waals surface area contributed by atoms with Gasteiger partial charge in [0.25, 0.3) is 11.8 Å². The lowest BCUT2D eigenvalue weighted by atomic mass is 10.1. The first kappa shape index (κ1) is 28.9. The molecule has 0 radical (unpaired) electrons. The van der Waals surface area contributed by atoms with Crippen LogP contribution >= 0.6 is 0 Å². The Hall–Kier alpha value is -5.19. The van der Waals surface area contributed by atoms with Gasteiger partial charge in [0, 0.05) is 72.8 Å². The van der Waals surface area contributed by atoms with Crippen molar-refractivity contribution in [3.8, 4) is 0 Å². The molecule has 10 nitrogen and oxygen atoms in total. The molecule has 4 aromatic rings. The highest BCUT2D eigenvalue weighted by Gasteiger charge is 2.24. The third-order valence-corrected chi connectivity index (χ3v) is 7.94. The van der Waals surface area contributed by atoms with Crippen LogP contribution < -0.4 is 21.3 Å². The zero-order valence-electron chi connectivity index (χ0n) is 24.7. The van der Waals surface area contributed by atoms with Gasteiger partial charge in [-0.15, -0.1) is 0 Å². The molecule has 0 atom stereocenters. The topological polar surface area (TPSA) is 122 Å². The van der Waals surface area contributed by atoms with E-state index in [-0.39, 0.29) is 11.8 Å². The minimum Gasteiger partial charge on any atom is -0.362 e. The molecule has 224 valence electrons. The molecule has 1 saturated heterocycles. The molecule has 6 rings (SSSR count). The van der Waals surface area contributed by atoms with Crippen molar-refractivity contribution in [1.82, 2.24) is 14.8 Å². The fourth-order valence-electron chi connectivity index (χ4n) is 5.35. The van der Waals surface area contributed by atoms with Crippen molar-refractivity contribution >= 4 is 52.2 Å². The van der Waals surface area contributed by atoms with Crippen LogP contribution in [-0.4, -0.2) is 65.9 Å². The summed E-state index contributed by atoms with van der Waals surface area (Å²) in [5, 5.41) is 11.5. The Morgan fingerprint density at radius 2 is 1.64 bits per heavy atom. The maximum absolute atomic E-state index is 13.0. The quantitative estimate of drug-likeness (QED) is 0.183. The van der Waals surface area contributed by atoms with Gasteiger partial charge in [-0.05, 0) is 79.7 Å². The second-order valence-corrected chi connectivity index (χ2v) is 11.2. The van der Waals surface area contributed by atoms with E-state index < -0.39 is 6.03 Å². The van der Waals surface area contributed by atoms with Crippen LogP contribution in [0.25, 0.3) is 11.6 Å². The van der Waals surface area contributed by atoms with Crippen molar-refractivity contribution in [2.24, 2.45) is 0 Å². The Morgan fingerprint density at radius 1 is 0.886 bits per heavy atom. The molecular formula is C34H35N7O3. The number of carbonyl (C=O) groups is 3. The summed E-state index contributed by atoms with van der Waals surface area (Å²) < 4.78 is 0. The highest BCUT2D eigenvalue weighted by molar-refractivity contribution is 6.35. The van der Waals surface area contributed by atoms with Crippen LogP contribution in [0.4, 0.5) is 27.5 Å². The van der Waals surface area contributed by atoms with Crippen LogP contribution in [-0.2, 0) is 11.3 Å². The summed E-state index contributed by atoms with van der Waals surface area (Å²) in [4.78, 5) is 46.2. The van der Waals surface area contributed by atoms with Crippen molar-refractivity contribution in [1.29, 1.82) is 0 Å². The van der Waals surface area contributed by atoms with Crippen LogP contribution in [0.2, 0.25) is 0 Å². The number of fused-ring (bicyclic) bond motifs is 1. The van der Waals surface area contributed by atoms with E-state index in [0.717, 1.165) is 49.5 Å². The average Bonchev–Trinajstić information content (AvgIpc) is 3.63. The number of aryl methyl sites for hydroxylation is 1. The van der Waals surface area contributed by atoms with E-state index in [2.05, 4.69) is 43.1 Å². The van der Waals surface area contributed by atoms with E-state index in [4.69, 9.17) is 0 Å². The maximum atomic E-state index is 13.0. The predicted octanol–water partition coefficient (Wildman–Crippen LogP) is 5.46. The molecule has 2 aliphatic heterocycles. The Morgan fingerprint density at radius 3 is 2.39 bits per heavy atom. The summed E-state index contributed by atoms with van der Waals surface area (Å²) in [7, 11) is 2.14. The number of likely N-dealkylation sites (N-methyl/N-ethyl adjacent to an activating group) is 1. The van der Waals surface area contributed by atoms with Gasteiger partial charge < -0.3 is 31.2 Å². The van der Waals surface area contributed by atoms with Crippen LogP contribution in [0.15, 0.2) is 79.0 Å². The zero-order chi connectivity index (χ0) is 30.6. The molecule has 2 aliphatic rings. The monoisotopic (exact) mass is 589 g/mol. The number of H-pyrrole nitrogens is 1. The number of nitrogens with zero attached hydrogens (tertiary/aromatic N) is 2. The first-order chi connectivity index (χ1) is 21.3. The minimum absolute atomic E-state index is 0.202. The van der Waals surface area contributed by atoms with Gasteiger partial charge in [-0.1, -0.05) is 24.3 Å². The number of carbonyl (C=O) groups excluding carboxylic acids is 3. The molecule has 1 aromatic heterocycles. The van der Waals surface area contributed by atoms with E-state index in [0.29, 0.717) is 33.9 Å². The van der Waals surface area contributed by atoms with E-state index in [1.165, 1.54) is 5.56 Å². The molecule has 0 unspecified atom stereocenters. The molecule has 44 heavy (non-hydrogen) atoms. The predicted molar refractivity (Wildman–Crippen MR) is 175 cm³/mol. The van der Waals surface area contributed by atoms with Crippen LogP contribution in [0.5, 0.6) is 0 Å². The molecule has 1 fully saturated rings. The van der Waals surface area contributed by atoms with Gasteiger partial charge in [-0.2, -0.15) is 0 Å². The fourth-order valence-corrected chi connectivity index (χ4v) is 5.35. The second kappa shape index (κ2) is 12.6. The van der Waals surface area contributed by atoms with Crippen molar-refractivity contribution < 1.29 is 14.4 Å². The summed E-state index contributed by atoms with van der Waals surface area (Å²) in [5.74, 6) is -0.424. The summed E-state index contributed by atoms with van der Waals surface area (Å²) >= 11 is 0. The lowest BCUT2D eigenvalue weighted by Crippen LogP contribution is -2.43. The largest absolute Gasteiger partial charge is 0.362 e. The van der Waals surface area contributed by atoms with Crippen molar-refractivity contribution in [3.05, 3.63) is 107 Å². The highest BCUT2D eigenvalue weighted by atomic mass is 16.2. The Bertz CT molecular complexity index is 1720. The van der Waals surface area contributed by atoms with Gasteiger partial charge in [0.1, 0.15) is 0 Å². The molecule has 0 aliphatic carbocycles. The second-order valence-electron chi connectivity index (χ2n) is 11.2. The van der Waals surface area contributed by atoms with Gasteiger partial charge in [-0.3, -0.25) is 14.5 Å². The molecule has 3 aromatic carbocycles. The van der Waals surface area contributed by atoms with Crippen LogP contribution in [0, 0.1) is 6.92 Å². The lowest BCUT2D eigenvalue weighted by Gasteiger charge is -2.32. The van der Waals surface area contributed by atoms with Crippen molar-refractivity contribution in [3.63, 3.8) is 0 Å². The standard InChI is InChI=1S/C34H35N7O3/c1-22-5-10-26(36-32(42)24-8-6-23(7-9-24)21-41-16-14-40(2)15-17-41)19-30(22)39-34(44)37-27-11-12-28-29(18-25-4-3-13-35-25)33(43)38-31(28)20-27/h3-13,18-20,35H,14-17,21H2,1-2H3,(H,36,42)(H,38,43)(H2,37,39,44)/b29-18-. The number of urea groups is 1. The fraction of sp³-hybridized carbons (Fsp3) is 0.206. The lowest BCUT2D eigenvalue weighted by molar-refractivity contribution is -0.110. The van der Waals surface area contributed by atoms with Crippen molar-refractivity contribution in [2.75, 3.05) is 54.5 Å². The third kappa shape index (κ3) is 6.72. The maximum Gasteiger partial charge on any atom is 0.323 e. The van der Waals surface area contributed by atoms with E-state index in [9.17, 15) is 14.4 Å². The van der Waals surface area contributed by atoms with E-state index in [1.54, 1.807) is 42.6 Å². The third-order valence-electron chi connectivity index (χ3n) is 7.94. The number of anilines is 4.